The van der Waals surface area contributed by atoms with Gasteiger partial charge in [-0.3, -0.25) is 4.99 Å². The summed E-state index contributed by atoms with van der Waals surface area (Å²) in [6, 6.07) is 0.561. The predicted molar refractivity (Wildman–Crippen MR) is 77.3 cm³/mol. The molecule has 0 amide bonds. The van der Waals surface area contributed by atoms with Crippen molar-refractivity contribution in [1.29, 1.82) is 0 Å². The zero-order chi connectivity index (χ0) is 11.3. The highest BCUT2D eigenvalue weighted by molar-refractivity contribution is 14.0. The van der Waals surface area contributed by atoms with Crippen molar-refractivity contribution >= 4 is 39.8 Å². The van der Waals surface area contributed by atoms with Gasteiger partial charge in [0.05, 0.1) is 5.75 Å². The number of sulfone groups is 1. The summed E-state index contributed by atoms with van der Waals surface area (Å²) in [5, 5.41) is 6.32. The van der Waals surface area contributed by atoms with E-state index in [0.717, 1.165) is 5.96 Å². The Kier molecular flexibility index (Phi) is 7.29. The lowest BCUT2D eigenvalue weighted by molar-refractivity contribution is 0.598. The van der Waals surface area contributed by atoms with Crippen molar-refractivity contribution < 1.29 is 8.42 Å². The molecule has 16 heavy (non-hydrogen) atoms. The van der Waals surface area contributed by atoms with Crippen LogP contribution in [0.1, 0.15) is 19.3 Å². The second kappa shape index (κ2) is 7.31. The lowest BCUT2D eigenvalue weighted by Crippen LogP contribution is -2.39. The van der Waals surface area contributed by atoms with Crippen molar-refractivity contribution in [3.8, 4) is 0 Å². The van der Waals surface area contributed by atoms with E-state index in [0.29, 0.717) is 19.0 Å². The molecule has 7 heteroatoms. The van der Waals surface area contributed by atoms with Gasteiger partial charge in [0.15, 0.2) is 5.96 Å². The summed E-state index contributed by atoms with van der Waals surface area (Å²) in [6.07, 6.45) is 4.27. The van der Waals surface area contributed by atoms with E-state index in [1.807, 2.05) is 0 Å². The van der Waals surface area contributed by atoms with E-state index < -0.39 is 9.84 Å². The van der Waals surface area contributed by atoms with Crippen LogP contribution in [0.5, 0.6) is 0 Å². The molecule has 1 fully saturated rings. The molecule has 5 nitrogen and oxygen atoms in total. The fraction of sp³-hybridized carbons (Fsp3) is 0.889. The normalized spacial score (nSPS) is 16.5. The van der Waals surface area contributed by atoms with E-state index >= 15 is 0 Å². The van der Waals surface area contributed by atoms with Crippen molar-refractivity contribution in [2.75, 3.05) is 25.6 Å². The van der Waals surface area contributed by atoms with E-state index in [1.165, 1.54) is 19.1 Å². The first-order valence-electron chi connectivity index (χ1n) is 5.16. The summed E-state index contributed by atoms with van der Waals surface area (Å²) in [6.45, 7) is 0.638. The van der Waals surface area contributed by atoms with Crippen LogP contribution in [0, 0.1) is 0 Å². The zero-order valence-corrected chi connectivity index (χ0v) is 12.8. The van der Waals surface area contributed by atoms with Crippen LogP contribution in [-0.2, 0) is 9.84 Å². The van der Waals surface area contributed by atoms with Crippen LogP contribution >= 0.6 is 24.0 Å². The van der Waals surface area contributed by atoms with E-state index in [-0.39, 0.29) is 29.7 Å². The number of rotatable bonds is 5. The standard InChI is InChI=1S/C9H19N3O2S.HI/c1-10-9(12-8-4-5-8)11-6-3-7-15(2,13)14;/h8H,3-7H2,1-2H3,(H2,10,11,12);1H. The Hall–Kier alpha value is -0.0500. The van der Waals surface area contributed by atoms with Crippen molar-refractivity contribution in [1.82, 2.24) is 10.6 Å². The molecule has 1 saturated carbocycles. The fourth-order valence-corrected chi connectivity index (χ4v) is 1.83. The molecule has 0 radical (unpaired) electrons. The maximum absolute atomic E-state index is 10.9. The number of halogens is 1. The van der Waals surface area contributed by atoms with E-state index in [9.17, 15) is 8.42 Å². The molecule has 0 aromatic rings. The first-order chi connectivity index (χ1) is 7.01. The molecule has 2 N–H and O–H groups in total. The topological polar surface area (TPSA) is 70.6 Å². The number of hydrogen-bond donors (Lipinski definition) is 2. The van der Waals surface area contributed by atoms with Crippen molar-refractivity contribution in [3.63, 3.8) is 0 Å². The minimum absolute atomic E-state index is 0. The van der Waals surface area contributed by atoms with Gasteiger partial charge in [0, 0.05) is 25.9 Å². The maximum Gasteiger partial charge on any atom is 0.191 e. The Bertz CT molecular complexity index is 326. The van der Waals surface area contributed by atoms with Gasteiger partial charge >= 0.3 is 0 Å². The van der Waals surface area contributed by atoms with E-state index in [1.54, 1.807) is 7.05 Å². The molecule has 0 unspecified atom stereocenters. The second-order valence-corrected chi connectivity index (χ2v) is 6.16. The molecule has 96 valence electrons. The highest BCUT2D eigenvalue weighted by Gasteiger charge is 2.21. The van der Waals surface area contributed by atoms with Crippen LogP contribution in [-0.4, -0.2) is 46.0 Å². The molecule has 0 aliphatic heterocycles. The van der Waals surface area contributed by atoms with E-state index in [4.69, 9.17) is 0 Å². The van der Waals surface area contributed by atoms with Gasteiger partial charge in [-0.1, -0.05) is 0 Å². The van der Waals surface area contributed by atoms with Crippen molar-refractivity contribution in [3.05, 3.63) is 0 Å². The molecular formula is C9H20IN3O2S. The Balaban J connectivity index is 0.00000225. The Labute approximate surface area is 114 Å². The van der Waals surface area contributed by atoms with Gasteiger partial charge in [-0.05, 0) is 19.3 Å². The first-order valence-corrected chi connectivity index (χ1v) is 7.22. The van der Waals surface area contributed by atoms with Gasteiger partial charge in [0.25, 0.3) is 0 Å². The van der Waals surface area contributed by atoms with Crippen molar-refractivity contribution in [2.45, 2.75) is 25.3 Å². The van der Waals surface area contributed by atoms with Crippen LogP contribution in [0.25, 0.3) is 0 Å². The zero-order valence-electron chi connectivity index (χ0n) is 9.69. The van der Waals surface area contributed by atoms with Gasteiger partial charge in [0.2, 0.25) is 0 Å². The van der Waals surface area contributed by atoms with Crippen LogP contribution in [0.2, 0.25) is 0 Å². The minimum Gasteiger partial charge on any atom is -0.356 e. The summed E-state index contributed by atoms with van der Waals surface area (Å²) in [7, 11) is -1.12. The van der Waals surface area contributed by atoms with Crippen LogP contribution in [0.15, 0.2) is 4.99 Å². The number of guanidine groups is 1. The van der Waals surface area contributed by atoms with Crippen LogP contribution in [0.3, 0.4) is 0 Å². The SMILES string of the molecule is CN=C(NCCCS(C)(=O)=O)NC1CC1.I. The second-order valence-electron chi connectivity index (χ2n) is 3.90. The fourth-order valence-electron chi connectivity index (χ4n) is 1.16. The average molecular weight is 361 g/mol. The maximum atomic E-state index is 10.9. The summed E-state index contributed by atoms with van der Waals surface area (Å²) >= 11 is 0. The number of nitrogens with zero attached hydrogens (tertiary/aromatic N) is 1. The summed E-state index contributed by atoms with van der Waals surface area (Å²) < 4.78 is 21.7. The molecule has 0 spiro atoms. The number of aliphatic imine (C=N–C) groups is 1. The Morgan fingerprint density at radius 3 is 2.50 bits per heavy atom. The molecule has 0 heterocycles. The molecule has 1 aliphatic rings. The molecular weight excluding hydrogens is 341 g/mol. The highest BCUT2D eigenvalue weighted by Crippen LogP contribution is 2.18. The third-order valence-corrected chi connectivity index (χ3v) is 3.16. The summed E-state index contributed by atoms with van der Waals surface area (Å²) in [5.41, 5.74) is 0. The quantitative estimate of drug-likeness (QED) is 0.321. The van der Waals surface area contributed by atoms with Gasteiger partial charge < -0.3 is 10.6 Å². The van der Waals surface area contributed by atoms with Crippen LogP contribution < -0.4 is 10.6 Å². The predicted octanol–water partition coefficient (Wildman–Crippen LogP) is 0.366. The highest BCUT2D eigenvalue weighted by atomic mass is 127. The number of nitrogens with one attached hydrogen (secondary N) is 2. The Morgan fingerprint density at radius 1 is 1.44 bits per heavy atom. The van der Waals surface area contributed by atoms with Gasteiger partial charge in [-0.15, -0.1) is 24.0 Å². The van der Waals surface area contributed by atoms with Gasteiger partial charge in [0.1, 0.15) is 9.84 Å². The smallest absolute Gasteiger partial charge is 0.191 e. The lowest BCUT2D eigenvalue weighted by Gasteiger charge is -2.10. The minimum atomic E-state index is -2.84. The van der Waals surface area contributed by atoms with Crippen molar-refractivity contribution in [2.24, 2.45) is 4.99 Å². The first kappa shape index (κ1) is 16.0. The lowest BCUT2D eigenvalue weighted by atomic mass is 10.5. The molecule has 1 aliphatic carbocycles. The third-order valence-electron chi connectivity index (χ3n) is 2.13. The third kappa shape index (κ3) is 8.14. The van der Waals surface area contributed by atoms with E-state index in [2.05, 4.69) is 15.6 Å². The summed E-state index contributed by atoms with van der Waals surface area (Å²) in [4.78, 5) is 4.05. The molecule has 0 aromatic carbocycles. The molecule has 0 aromatic heterocycles. The van der Waals surface area contributed by atoms with Crippen LogP contribution in [0.4, 0.5) is 0 Å². The monoisotopic (exact) mass is 361 g/mol. The average Bonchev–Trinajstić information content (AvgIpc) is 2.92. The summed E-state index contributed by atoms with van der Waals surface area (Å²) in [5.74, 6) is 0.992. The molecule has 1 rings (SSSR count). The van der Waals surface area contributed by atoms with Gasteiger partial charge in [-0.25, -0.2) is 8.42 Å². The van der Waals surface area contributed by atoms with Gasteiger partial charge in [-0.2, -0.15) is 0 Å². The molecule has 0 atom stereocenters. The number of hydrogen-bond acceptors (Lipinski definition) is 3. The Morgan fingerprint density at radius 2 is 2.06 bits per heavy atom. The largest absolute Gasteiger partial charge is 0.356 e. The molecule has 0 bridgehead atoms. The molecule has 0 saturated heterocycles.